The van der Waals surface area contributed by atoms with Gasteiger partial charge in [0.1, 0.15) is 5.82 Å². The Bertz CT molecular complexity index is 522. The minimum absolute atomic E-state index is 0. The third kappa shape index (κ3) is 6.39. The van der Waals surface area contributed by atoms with E-state index in [9.17, 15) is 9.50 Å². The van der Waals surface area contributed by atoms with Crippen LogP contribution in [0.4, 0.5) is 4.39 Å². The molecule has 2 unspecified atom stereocenters. The van der Waals surface area contributed by atoms with Crippen LogP contribution in [0.1, 0.15) is 57.9 Å². The van der Waals surface area contributed by atoms with Crippen LogP contribution in [0, 0.1) is 11.7 Å². The van der Waals surface area contributed by atoms with Gasteiger partial charge >= 0.3 is 0 Å². The lowest BCUT2D eigenvalue weighted by molar-refractivity contribution is -0.0596. The summed E-state index contributed by atoms with van der Waals surface area (Å²) in [5.74, 6) is -0.0705. The van der Waals surface area contributed by atoms with E-state index in [1.165, 1.54) is 6.07 Å². The zero-order chi connectivity index (χ0) is 17.6. The molecule has 1 aliphatic rings. The summed E-state index contributed by atoms with van der Waals surface area (Å²) in [6, 6.07) is 4.63. The summed E-state index contributed by atoms with van der Waals surface area (Å²) in [4.78, 5) is 2.45. The lowest BCUT2D eigenvalue weighted by Gasteiger charge is -2.42. The molecule has 0 aliphatic heterocycles. The highest BCUT2D eigenvalue weighted by atomic mass is 35.5. The van der Waals surface area contributed by atoms with Crippen LogP contribution in [0.25, 0.3) is 0 Å². The van der Waals surface area contributed by atoms with E-state index in [2.05, 4.69) is 18.7 Å². The number of rotatable bonds is 8. The summed E-state index contributed by atoms with van der Waals surface area (Å²) >= 11 is 6.03. The molecule has 0 saturated heterocycles. The summed E-state index contributed by atoms with van der Waals surface area (Å²) in [6.07, 6.45) is 6.52. The molecule has 144 valence electrons. The van der Waals surface area contributed by atoms with Gasteiger partial charge in [-0.05, 0) is 62.5 Å². The molecule has 2 atom stereocenters. The van der Waals surface area contributed by atoms with Gasteiger partial charge in [0.15, 0.2) is 0 Å². The predicted octanol–water partition coefficient (Wildman–Crippen LogP) is 5.49. The second-order valence-electron chi connectivity index (χ2n) is 7.26. The van der Waals surface area contributed by atoms with Crippen LogP contribution >= 0.6 is 24.0 Å². The number of nitrogens with zero attached hydrogens (tertiary/aromatic N) is 1. The Labute approximate surface area is 163 Å². The summed E-state index contributed by atoms with van der Waals surface area (Å²) in [5.41, 5.74) is -0.293. The van der Waals surface area contributed by atoms with Gasteiger partial charge in [-0.3, -0.25) is 0 Å². The van der Waals surface area contributed by atoms with Gasteiger partial charge in [0, 0.05) is 23.9 Å². The van der Waals surface area contributed by atoms with Crippen molar-refractivity contribution < 1.29 is 9.50 Å². The van der Waals surface area contributed by atoms with Crippen molar-refractivity contribution in [3.05, 3.63) is 34.6 Å². The average molecular weight is 392 g/mol. The highest BCUT2D eigenvalue weighted by Gasteiger charge is 2.40. The minimum Gasteiger partial charge on any atom is -0.389 e. The molecule has 1 aromatic carbocycles. The SMILES string of the molecule is CCCN(CCC)CC1CCCCC1(O)Cc1cc(Cl)ccc1F.Cl. The van der Waals surface area contributed by atoms with E-state index in [1.807, 2.05) is 0 Å². The molecule has 1 aromatic rings. The predicted molar refractivity (Wildman–Crippen MR) is 106 cm³/mol. The van der Waals surface area contributed by atoms with Crippen LogP contribution < -0.4 is 0 Å². The van der Waals surface area contributed by atoms with Crippen molar-refractivity contribution >= 4 is 24.0 Å². The van der Waals surface area contributed by atoms with E-state index >= 15 is 0 Å². The standard InChI is InChI=1S/C20H31ClFNO.ClH/c1-3-11-23(12-4-2)15-17-7-5-6-10-20(17,24)14-16-13-18(21)8-9-19(16)22;/h8-9,13,17,24H,3-7,10-12,14-15H2,1-2H3;1H. The smallest absolute Gasteiger partial charge is 0.126 e. The van der Waals surface area contributed by atoms with Gasteiger partial charge in [-0.1, -0.05) is 38.3 Å². The Morgan fingerprint density at radius 2 is 1.92 bits per heavy atom. The van der Waals surface area contributed by atoms with Crippen molar-refractivity contribution in [2.75, 3.05) is 19.6 Å². The van der Waals surface area contributed by atoms with Crippen molar-refractivity contribution in [2.45, 2.75) is 64.4 Å². The molecule has 0 bridgehead atoms. The van der Waals surface area contributed by atoms with Gasteiger partial charge < -0.3 is 10.0 Å². The number of hydrogen-bond donors (Lipinski definition) is 1. The van der Waals surface area contributed by atoms with Crippen molar-refractivity contribution in [3.8, 4) is 0 Å². The molecule has 2 nitrogen and oxygen atoms in total. The van der Waals surface area contributed by atoms with Gasteiger partial charge in [0.25, 0.3) is 0 Å². The van der Waals surface area contributed by atoms with E-state index in [4.69, 9.17) is 11.6 Å². The molecule has 5 heteroatoms. The molecule has 2 rings (SSSR count). The molecule has 0 heterocycles. The topological polar surface area (TPSA) is 23.5 Å². The zero-order valence-corrected chi connectivity index (χ0v) is 17.0. The van der Waals surface area contributed by atoms with E-state index in [0.717, 1.165) is 58.2 Å². The van der Waals surface area contributed by atoms with Crippen molar-refractivity contribution in [1.82, 2.24) is 4.90 Å². The first kappa shape index (κ1) is 22.7. The van der Waals surface area contributed by atoms with Gasteiger partial charge in [0.05, 0.1) is 5.60 Å². The normalized spacial score (nSPS) is 23.5. The Hall–Kier alpha value is -0.350. The van der Waals surface area contributed by atoms with Gasteiger partial charge in [-0.15, -0.1) is 12.4 Å². The Morgan fingerprint density at radius 1 is 1.24 bits per heavy atom. The fourth-order valence-corrected chi connectivity index (χ4v) is 4.23. The molecule has 0 radical (unpaired) electrons. The fraction of sp³-hybridized carbons (Fsp3) is 0.700. The molecular weight excluding hydrogens is 360 g/mol. The van der Waals surface area contributed by atoms with E-state index < -0.39 is 5.60 Å². The van der Waals surface area contributed by atoms with Crippen molar-refractivity contribution in [3.63, 3.8) is 0 Å². The molecule has 0 amide bonds. The van der Waals surface area contributed by atoms with Gasteiger partial charge in [-0.25, -0.2) is 4.39 Å². The molecule has 1 aliphatic carbocycles. The molecule has 0 spiro atoms. The molecule has 1 N–H and O–H groups in total. The molecule has 25 heavy (non-hydrogen) atoms. The monoisotopic (exact) mass is 391 g/mol. The van der Waals surface area contributed by atoms with E-state index in [1.54, 1.807) is 12.1 Å². The number of halogens is 3. The number of benzene rings is 1. The van der Waals surface area contributed by atoms with Gasteiger partial charge in [0.2, 0.25) is 0 Å². The lowest BCUT2D eigenvalue weighted by Crippen LogP contribution is -2.48. The third-order valence-electron chi connectivity index (χ3n) is 5.23. The maximum atomic E-state index is 14.1. The molecule has 1 fully saturated rings. The maximum Gasteiger partial charge on any atom is 0.126 e. The average Bonchev–Trinajstić information content (AvgIpc) is 2.54. The largest absolute Gasteiger partial charge is 0.389 e. The fourth-order valence-electron chi connectivity index (χ4n) is 4.04. The van der Waals surface area contributed by atoms with Crippen LogP contribution in [0.3, 0.4) is 0 Å². The van der Waals surface area contributed by atoms with E-state index in [-0.39, 0.29) is 24.1 Å². The first-order valence-electron chi connectivity index (χ1n) is 9.37. The first-order chi connectivity index (χ1) is 11.5. The molecule has 0 aromatic heterocycles. The lowest BCUT2D eigenvalue weighted by atomic mass is 9.72. The second kappa shape index (κ2) is 10.7. The highest BCUT2D eigenvalue weighted by Crippen LogP contribution is 2.38. The maximum absolute atomic E-state index is 14.1. The Kier molecular flexibility index (Phi) is 9.73. The van der Waals surface area contributed by atoms with Gasteiger partial charge in [-0.2, -0.15) is 0 Å². The molecule has 1 saturated carbocycles. The Balaban J connectivity index is 0.00000312. The number of hydrogen-bond acceptors (Lipinski definition) is 2. The van der Waals surface area contributed by atoms with Crippen LogP contribution in [0.5, 0.6) is 0 Å². The second-order valence-corrected chi connectivity index (χ2v) is 7.70. The highest BCUT2D eigenvalue weighted by molar-refractivity contribution is 6.30. The Morgan fingerprint density at radius 3 is 2.56 bits per heavy atom. The van der Waals surface area contributed by atoms with Crippen LogP contribution in [-0.4, -0.2) is 35.2 Å². The van der Waals surface area contributed by atoms with Crippen molar-refractivity contribution in [1.29, 1.82) is 0 Å². The van der Waals surface area contributed by atoms with Crippen LogP contribution in [-0.2, 0) is 6.42 Å². The summed E-state index contributed by atoms with van der Waals surface area (Å²) in [5, 5.41) is 11.9. The summed E-state index contributed by atoms with van der Waals surface area (Å²) in [7, 11) is 0. The third-order valence-corrected chi connectivity index (χ3v) is 5.47. The minimum atomic E-state index is -0.830. The summed E-state index contributed by atoms with van der Waals surface area (Å²) < 4.78 is 14.1. The van der Waals surface area contributed by atoms with Crippen LogP contribution in [0.15, 0.2) is 18.2 Å². The number of aliphatic hydroxyl groups is 1. The summed E-state index contributed by atoms with van der Waals surface area (Å²) in [6.45, 7) is 7.41. The van der Waals surface area contributed by atoms with Crippen LogP contribution in [0.2, 0.25) is 5.02 Å². The van der Waals surface area contributed by atoms with Crippen molar-refractivity contribution in [2.24, 2.45) is 5.92 Å². The quantitative estimate of drug-likeness (QED) is 0.633. The zero-order valence-electron chi connectivity index (χ0n) is 15.4. The molecular formula is C20H32Cl2FNO. The van der Waals surface area contributed by atoms with E-state index in [0.29, 0.717) is 17.0 Å². The first-order valence-corrected chi connectivity index (χ1v) is 9.75.